The molecule has 0 spiro atoms. The lowest BCUT2D eigenvalue weighted by molar-refractivity contribution is -0.161. The Kier molecular flexibility index (Phi) is 6.74. The maximum absolute atomic E-state index is 12.5. The van der Waals surface area contributed by atoms with Crippen LogP contribution < -0.4 is 9.97 Å². The van der Waals surface area contributed by atoms with Crippen LogP contribution in [0.4, 0.5) is 0 Å². The zero-order valence-electron chi connectivity index (χ0n) is 18.0. The molecule has 0 fully saturated rings. The molecule has 0 saturated carbocycles. The first kappa shape index (κ1) is 23.1. The fourth-order valence-electron chi connectivity index (χ4n) is 3.05. The first-order chi connectivity index (χ1) is 15.1. The van der Waals surface area contributed by atoms with E-state index in [-0.39, 0.29) is 29.0 Å². The summed E-state index contributed by atoms with van der Waals surface area (Å²) in [5.41, 5.74) is -0.0490. The summed E-state index contributed by atoms with van der Waals surface area (Å²) >= 11 is 0. The molecule has 0 aromatic heterocycles. The second-order valence-electron chi connectivity index (χ2n) is 8.33. The van der Waals surface area contributed by atoms with E-state index in [1.165, 1.54) is 18.2 Å². The molecule has 1 aliphatic heterocycles. The third-order valence-corrected chi connectivity index (χ3v) is 4.80. The molecule has 1 heterocycles. The number of hydrogen-bond donors (Lipinski definition) is 3. The average molecular weight is 441 g/mol. The highest BCUT2D eigenvalue weighted by Crippen LogP contribution is 2.31. The standard InChI is InChI=1S/C22H24BNO8/c1-22(2,3)21(28)31-12-30-20(27)15-9-6-7-13-11-17(23(29)32-18(13)15)24-19(26)14-8-4-5-10-16(14)25/h4-10,17,25,29H,11-12H2,1-3H3,(H,24,26)/t17-/m0/s1. The first-order valence-corrected chi connectivity index (χ1v) is 9.97. The van der Waals surface area contributed by atoms with Gasteiger partial charge in [0.2, 0.25) is 6.79 Å². The van der Waals surface area contributed by atoms with E-state index in [1.54, 1.807) is 45.0 Å². The quantitative estimate of drug-likeness (QED) is 0.364. The third kappa shape index (κ3) is 5.20. The van der Waals surface area contributed by atoms with Crippen molar-refractivity contribution in [2.75, 3.05) is 6.79 Å². The predicted octanol–water partition coefficient (Wildman–Crippen LogP) is 1.85. The Morgan fingerprint density at radius 3 is 2.47 bits per heavy atom. The number of hydrogen-bond acceptors (Lipinski definition) is 8. The molecule has 0 radical (unpaired) electrons. The van der Waals surface area contributed by atoms with E-state index in [0.717, 1.165) is 0 Å². The lowest BCUT2D eigenvalue weighted by Gasteiger charge is -2.29. The third-order valence-electron chi connectivity index (χ3n) is 4.80. The minimum Gasteiger partial charge on any atom is -0.534 e. The van der Waals surface area contributed by atoms with Crippen LogP contribution in [0.1, 0.15) is 47.1 Å². The van der Waals surface area contributed by atoms with E-state index >= 15 is 0 Å². The minimum atomic E-state index is -1.44. The molecule has 2 aromatic rings. The molecule has 168 valence electrons. The molecule has 0 unspecified atom stereocenters. The monoisotopic (exact) mass is 441 g/mol. The van der Waals surface area contributed by atoms with Crippen LogP contribution in [-0.2, 0) is 20.7 Å². The highest BCUT2D eigenvalue weighted by Gasteiger charge is 2.38. The van der Waals surface area contributed by atoms with Crippen molar-refractivity contribution >= 4 is 25.0 Å². The highest BCUT2D eigenvalue weighted by atomic mass is 16.7. The van der Waals surface area contributed by atoms with Crippen LogP contribution in [0.2, 0.25) is 0 Å². The summed E-state index contributed by atoms with van der Waals surface area (Å²) in [7, 11) is -1.44. The van der Waals surface area contributed by atoms with Gasteiger partial charge in [-0.15, -0.1) is 0 Å². The minimum absolute atomic E-state index is 0.0545. The number of carbonyl (C=O) groups is 3. The first-order valence-electron chi connectivity index (χ1n) is 9.97. The largest absolute Gasteiger partial charge is 0.547 e. The molecule has 3 N–H and O–H groups in total. The van der Waals surface area contributed by atoms with Gasteiger partial charge in [0.15, 0.2) is 0 Å². The van der Waals surface area contributed by atoms with E-state index < -0.39 is 43.1 Å². The highest BCUT2D eigenvalue weighted by molar-refractivity contribution is 6.47. The molecular formula is C22H24BNO8. The Labute approximate surface area is 185 Å². The summed E-state index contributed by atoms with van der Waals surface area (Å²) in [5.74, 6) is -2.75. The normalized spacial score (nSPS) is 15.2. The smallest absolute Gasteiger partial charge is 0.534 e. The topological polar surface area (TPSA) is 131 Å². The summed E-state index contributed by atoms with van der Waals surface area (Å²) in [5, 5.41) is 22.9. The van der Waals surface area contributed by atoms with Crippen molar-refractivity contribution in [3.63, 3.8) is 0 Å². The van der Waals surface area contributed by atoms with Gasteiger partial charge in [-0.2, -0.15) is 0 Å². The van der Waals surface area contributed by atoms with Crippen LogP contribution in [0, 0.1) is 5.41 Å². The van der Waals surface area contributed by atoms with Crippen molar-refractivity contribution in [1.29, 1.82) is 0 Å². The lowest BCUT2D eigenvalue weighted by Crippen LogP contribution is -2.53. The fourth-order valence-corrected chi connectivity index (χ4v) is 3.05. The number of esters is 2. The van der Waals surface area contributed by atoms with Crippen molar-refractivity contribution in [3.8, 4) is 11.5 Å². The zero-order valence-corrected chi connectivity index (χ0v) is 18.0. The van der Waals surface area contributed by atoms with Crippen molar-refractivity contribution in [2.24, 2.45) is 5.41 Å². The SMILES string of the molecule is CC(C)(C)C(=O)OCOC(=O)c1cccc2c1OB(O)[C@@H](NC(=O)c1ccccc1O)C2. The number of amides is 1. The van der Waals surface area contributed by atoms with Crippen molar-refractivity contribution < 1.29 is 38.6 Å². The van der Waals surface area contributed by atoms with Gasteiger partial charge in [0.05, 0.1) is 16.9 Å². The van der Waals surface area contributed by atoms with Crippen molar-refractivity contribution in [3.05, 3.63) is 59.2 Å². The number of fused-ring (bicyclic) bond motifs is 1. The molecule has 0 saturated heterocycles. The van der Waals surface area contributed by atoms with Gasteiger partial charge < -0.3 is 29.6 Å². The van der Waals surface area contributed by atoms with E-state index in [2.05, 4.69) is 5.32 Å². The average Bonchev–Trinajstić information content (AvgIpc) is 2.73. The number of phenols is 1. The van der Waals surface area contributed by atoms with Gasteiger partial charge in [-0.05, 0) is 51.0 Å². The molecule has 10 heteroatoms. The van der Waals surface area contributed by atoms with Crippen LogP contribution >= 0.6 is 0 Å². The Morgan fingerprint density at radius 2 is 1.78 bits per heavy atom. The van der Waals surface area contributed by atoms with Crippen LogP contribution in [0.15, 0.2) is 42.5 Å². The molecule has 2 aromatic carbocycles. The summed E-state index contributed by atoms with van der Waals surface area (Å²) in [6.45, 7) is 4.47. The van der Waals surface area contributed by atoms with Crippen molar-refractivity contribution in [1.82, 2.24) is 5.32 Å². The van der Waals surface area contributed by atoms with Crippen LogP contribution in [0.3, 0.4) is 0 Å². The second-order valence-corrected chi connectivity index (χ2v) is 8.33. The molecule has 9 nitrogen and oxygen atoms in total. The number of carbonyl (C=O) groups excluding carboxylic acids is 3. The molecule has 1 aliphatic rings. The van der Waals surface area contributed by atoms with Gasteiger partial charge in [0, 0.05) is 0 Å². The van der Waals surface area contributed by atoms with E-state index in [4.69, 9.17) is 14.1 Å². The number of aromatic hydroxyl groups is 1. The summed E-state index contributed by atoms with van der Waals surface area (Å²) in [6.07, 6.45) is 0.177. The molecule has 3 rings (SSSR count). The second kappa shape index (κ2) is 9.31. The van der Waals surface area contributed by atoms with Gasteiger partial charge in [-0.3, -0.25) is 9.59 Å². The molecule has 0 aliphatic carbocycles. The van der Waals surface area contributed by atoms with E-state index in [9.17, 15) is 24.5 Å². The summed E-state index contributed by atoms with van der Waals surface area (Å²) in [4.78, 5) is 36.7. The maximum atomic E-state index is 12.5. The molecule has 1 amide bonds. The number of para-hydroxylation sites is 2. The lowest BCUT2D eigenvalue weighted by atomic mass is 9.72. The number of benzene rings is 2. The molecule has 0 bridgehead atoms. The Hall–Kier alpha value is -3.53. The van der Waals surface area contributed by atoms with E-state index in [0.29, 0.717) is 5.56 Å². The summed E-state index contributed by atoms with van der Waals surface area (Å²) < 4.78 is 15.5. The number of phenolic OH excluding ortho intramolecular Hbond substituents is 1. The van der Waals surface area contributed by atoms with Gasteiger partial charge >= 0.3 is 19.1 Å². The Bertz CT molecular complexity index is 1030. The summed E-state index contributed by atoms with van der Waals surface area (Å²) in [6, 6.07) is 10.8. The number of nitrogens with one attached hydrogen (secondary N) is 1. The Balaban J connectivity index is 1.68. The van der Waals surface area contributed by atoms with Crippen LogP contribution in [0.5, 0.6) is 11.5 Å². The molecule has 1 atom stereocenters. The number of rotatable bonds is 5. The van der Waals surface area contributed by atoms with E-state index in [1.807, 2.05) is 0 Å². The van der Waals surface area contributed by atoms with Crippen LogP contribution in [0.25, 0.3) is 0 Å². The van der Waals surface area contributed by atoms with Gasteiger partial charge in [0.1, 0.15) is 17.1 Å². The van der Waals surface area contributed by atoms with Crippen LogP contribution in [-0.4, -0.2) is 47.8 Å². The fraction of sp³-hybridized carbons (Fsp3) is 0.318. The molecule has 32 heavy (non-hydrogen) atoms. The molecular weight excluding hydrogens is 417 g/mol. The van der Waals surface area contributed by atoms with Gasteiger partial charge in [-0.25, -0.2) is 4.79 Å². The maximum Gasteiger partial charge on any atom is 0.547 e. The predicted molar refractivity (Wildman–Crippen MR) is 114 cm³/mol. The van der Waals surface area contributed by atoms with Gasteiger partial charge in [0.25, 0.3) is 5.91 Å². The van der Waals surface area contributed by atoms with Crippen molar-refractivity contribution in [2.45, 2.75) is 33.1 Å². The number of ether oxygens (including phenoxy) is 2. The zero-order chi connectivity index (χ0) is 23.5. The van der Waals surface area contributed by atoms with Gasteiger partial charge in [-0.1, -0.05) is 24.3 Å². The Morgan fingerprint density at radius 1 is 1.09 bits per heavy atom.